The maximum Gasteiger partial charge on any atom is 0.240 e. The maximum atomic E-state index is 12.3. The summed E-state index contributed by atoms with van der Waals surface area (Å²) in [5.74, 6) is -0.0656. The molecule has 21 heavy (non-hydrogen) atoms. The topological polar surface area (TPSA) is 56.1 Å². The summed E-state index contributed by atoms with van der Waals surface area (Å²) in [6, 6.07) is 12.2. The number of amides is 1. The van der Waals surface area contributed by atoms with Crippen LogP contribution in [0, 0.1) is 11.3 Å². The number of anilines is 1. The van der Waals surface area contributed by atoms with Crippen LogP contribution >= 0.6 is 0 Å². The van der Waals surface area contributed by atoms with Crippen LogP contribution in [0.2, 0.25) is 0 Å². The molecule has 1 fully saturated rings. The van der Waals surface area contributed by atoms with Crippen LogP contribution in [0.15, 0.2) is 30.3 Å². The maximum absolute atomic E-state index is 12.3. The zero-order valence-electron chi connectivity index (χ0n) is 12.6. The van der Waals surface area contributed by atoms with Crippen LogP contribution < -0.4 is 10.2 Å². The number of likely N-dealkylation sites (N-methyl/N-ethyl adjacent to an activating group) is 1. The number of nitriles is 1. The summed E-state index contributed by atoms with van der Waals surface area (Å²) in [6.45, 7) is 3.09. The number of nitrogens with zero attached hydrogens (tertiary/aromatic N) is 2. The van der Waals surface area contributed by atoms with Gasteiger partial charge in [0.05, 0.1) is 12.6 Å². The van der Waals surface area contributed by atoms with Crippen molar-refractivity contribution < 1.29 is 4.79 Å². The molecule has 0 bridgehead atoms. The molecule has 0 unspecified atom stereocenters. The Kier molecular flexibility index (Phi) is 5.21. The first-order valence-electron chi connectivity index (χ1n) is 7.71. The van der Waals surface area contributed by atoms with E-state index in [1.807, 2.05) is 42.2 Å². The Bertz CT molecular complexity index is 501. The third kappa shape index (κ3) is 3.98. The lowest BCUT2D eigenvalue weighted by Crippen LogP contribution is -2.51. The molecule has 0 atom stereocenters. The van der Waals surface area contributed by atoms with E-state index in [1.165, 1.54) is 0 Å². The number of benzene rings is 1. The number of hydrogen-bond donors (Lipinski definition) is 1. The number of carbonyl (C=O) groups excluding carboxylic acids is 1. The minimum atomic E-state index is -0.647. The van der Waals surface area contributed by atoms with E-state index >= 15 is 0 Å². The molecular weight excluding hydrogens is 262 g/mol. The van der Waals surface area contributed by atoms with Gasteiger partial charge in [0, 0.05) is 12.2 Å². The van der Waals surface area contributed by atoms with Crippen LogP contribution in [0.4, 0.5) is 5.69 Å². The van der Waals surface area contributed by atoms with Gasteiger partial charge in [0.1, 0.15) is 5.54 Å². The third-order valence-electron chi connectivity index (χ3n) is 4.14. The van der Waals surface area contributed by atoms with E-state index < -0.39 is 5.54 Å². The molecule has 1 aromatic rings. The van der Waals surface area contributed by atoms with E-state index in [-0.39, 0.29) is 5.91 Å². The molecule has 2 rings (SSSR count). The predicted molar refractivity (Wildman–Crippen MR) is 83.9 cm³/mol. The summed E-state index contributed by atoms with van der Waals surface area (Å²) < 4.78 is 0. The number of carbonyl (C=O) groups is 1. The summed E-state index contributed by atoms with van der Waals surface area (Å²) in [6.07, 6.45) is 4.73. The van der Waals surface area contributed by atoms with Crippen molar-refractivity contribution >= 4 is 11.6 Å². The Balaban J connectivity index is 1.98. The van der Waals surface area contributed by atoms with Gasteiger partial charge in [-0.2, -0.15) is 5.26 Å². The van der Waals surface area contributed by atoms with Crippen molar-refractivity contribution in [2.45, 2.75) is 44.6 Å². The van der Waals surface area contributed by atoms with Crippen LogP contribution in [0.25, 0.3) is 0 Å². The molecule has 1 saturated carbocycles. The molecule has 4 nitrogen and oxygen atoms in total. The minimum Gasteiger partial charge on any atom is -0.363 e. The highest BCUT2D eigenvalue weighted by molar-refractivity contribution is 5.82. The van der Waals surface area contributed by atoms with Gasteiger partial charge in [-0.1, -0.05) is 37.5 Å². The lowest BCUT2D eigenvalue weighted by atomic mass is 9.83. The van der Waals surface area contributed by atoms with E-state index in [1.54, 1.807) is 0 Å². The molecule has 0 heterocycles. The average Bonchev–Trinajstić information content (AvgIpc) is 2.54. The number of hydrogen-bond acceptors (Lipinski definition) is 3. The summed E-state index contributed by atoms with van der Waals surface area (Å²) in [5.41, 5.74) is 0.385. The zero-order valence-corrected chi connectivity index (χ0v) is 12.6. The number of rotatable bonds is 5. The van der Waals surface area contributed by atoms with Crippen molar-refractivity contribution in [2.75, 3.05) is 18.0 Å². The molecule has 1 aliphatic carbocycles. The molecule has 1 amide bonds. The van der Waals surface area contributed by atoms with Crippen LogP contribution in [0.5, 0.6) is 0 Å². The second-order valence-electron chi connectivity index (χ2n) is 5.65. The van der Waals surface area contributed by atoms with Gasteiger partial charge in [0.15, 0.2) is 0 Å². The number of nitrogens with one attached hydrogen (secondary N) is 1. The van der Waals surface area contributed by atoms with Gasteiger partial charge >= 0.3 is 0 Å². The highest BCUT2D eigenvalue weighted by Crippen LogP contribution is 2.27. The Morgan fingerprint density at radius 3 is 2.52 bits per heavy atom. The average molecular weight is 285 g/mol. The SMILES string of the molecule is CCN(CC(=O)NC1(C#N)CCCCC1)c1ccccc1. The minimum absolute atomic E-state index is 0.0656. The standard InChI is InChI=1S/C17H23N3O/c1-2-20(15-9-5-3-6-10-15)13-16(21)19-17(14-18)11-7-4-8-12-17/h3,5-6,9-10H,2,4,7-8,11-13H2,1H3,(H,19,21). The summed E-state index contributed by atoms with van der Waals surface area (Å²) in [5, 5.41) is 12.4. The second-order valence-corrected chi connectivity index (χ2v) is 5.65. The lowest BCUT2D eigenvalue weighted by Gasteiger charge is -2.32. The Labute approximate surface area is 126 Å². The molecule has 0 spiro atoms. The molecule has 1 N–H and O–H groups in total. The monoisotopic (exact) mass is 285 g/mol. The highest BCUT2D eigenvalue weighted by atomic mass is 16.2. The smallest absolute Gasteiger partial charge is 0.240 e. The molecule has 0 aromatic heterocycles. The van der Waals surface area contributed by atoms with E-state index in [2.05, 4.69) is 11.4 Å². The Morgan fingerprint density at radius 2 is 1.95 bits per heavy atom. The van der Waals surface area contributed by atoms with Crippen LogP contribution in [0.1, 0.15) is 39.0 Å². The quantitative estimate of drug-likeness (QED) is 0.905. The van der Waals surface area contributed by atoms with E-state index in [9.17, 15) is 10.1 Å². The first kappa shape index (κ1) is 15.4. The van der Waals surface area contributed by atoms with Gasteiger partial charge in [-0.05, 0) is 31.9 Å². The van der Waals surface area contributed by atoms with Gasteiger partial charge in [-0.3, -0.25) is 4.79 Å². The zero-order chi connectivity index (χ0) is 15.1. The van der Waals surface area contributed by atoms with Crippen LogP contribution in [-0.4, -0.2) is 24.5 Å². The second kappa shape index (κ2) is 7.12. The van der Waals surface area contributed by atoms with Crippen molar-refractivity contribution in [3.8, 4) is 6.07 Å². The fraction of sp³-hybridized carbons (Fsp3) is 0.529. The van der Waals surface area contributed by atoms with E-state index in [0.29, 0.717) is 6.54 Å². The first-order valence-corrected chi connectivity index (χ1v) is 7.71. The fourth-order valence-electron chi connectivity index (χ4n) is 2.92. The van der Waals surface area contributed by atoms with Crippen LogP contribution in [-0.2, 0) is 4.79 Å². The summed E-state index contributed by atoms with van der Waals surface area (Å²) in [4.78, 5) is 14.3. The molecule has 0 radical (unpaired) electrons. The molecule has 112 valence electrons. The number of para-hydroxylation sites is 1. The molecule has 0 saturated heterocycles. The van der Waals surface area contributed by atoms with Crippen molar-refractivity contribution in [3.05, 3.63) is 30.3 Å². The normalized spacial score (nSPS) is 16.8. The molecule has 1 aromatic carbocycles. The van der Waals surface area contributed by atoms with E-state index in [4.69, 9.17) is 0 Å². The molecular formula is C17H23N3O. The van der Waals surface area contributed by atoms with Gasteiger partial charge in [0.2, 0.25) is 5.91 Å². The van der Waals surface area contributed by atoms with Gasteiger partial charge in [-0.15, -0.1) is 0 Å². The van der Waals surface area contributed by atoms with Crippen molar-refractivity contribution in [1.29, 1.82) is 5.26 Å². The third-order valence-corrected chi connectivity index (χ3v) is 4.14. The largest absolute Gasteiger partial charge is 0.363 e. The van der Waals surface area contributed by atoms with Crippen molar-refractivity contribution in [3.63, 3.8) is 0 Å². The molecule has 1 aliphatic rings. The van der Waals surface area contributed by atoms with Gasteiger partial charge < -0.3 is 10.2 Å². The molecule has 0 aliphatic heterocycles. The Morgan fingerprint density at radius 1 is 1.29 bits per heavy atom. The van der Waals surface area contributed by atoms with Crippen molar-refractivity contribution in [1.82, 2.24) is 5.32 Å². The van der Waals surface area contributed by atoms with Crippen molar-refractivity contribution in [2.24, 2.45) is 0 Å². The molecule has 4 heteroatoms. The summed E-state index contributed by atoms with van der Waals surface area (Å²) >= 11 is 0. The summed E-state index contributed by atoms with van der Waals surface area (Å²) in [7, 11) is 0. The van der Waals surface area contributed by atoms with Gasteiger partial charge in [0.25, 0.3) is 0 Å². The van der Waals surface area contributed by atoms with Crippen LogP contribution in [0.3, 0.4) is 0 Å². The fourth-order valence-corrected chi connectivity index (χ4v) is 2.92. The first-order chi connectivity index (χ1) is 10.2. The van der Waals surface area contributed by atoms with Gasteiger partial charge in [-0.25, -0.2) is 0 Å². The highest BCUT2D eigenvalue weighted by Gasteiger charge is 2.33. The van der Waals surface area contributed by atoms with E-state index in [0.717, 1.165) is 44.3 Å². The lowest BCUT2D eigenvalue weighted by molar-refractivity contribution is -0.121. The predicted octanol–water partition coefficient (Wildman–Crippen LogP) is 2.86. The Hall–Kier alpha value is -2.02.